The van der Waals surface area contributed by atoms with Crippen molar-refractivity contribution >= 4 is 22.6 Å². The predicted molar refractivity (Wildman–Crippen MR) is 105 cm³/mol. The highest BCUT2D eigenvalue weighted by atomic mass is 35.5. The van der Waals surface area contributed by atoms with Gasteiger partial charge in [0, 0.05) is 12.1 Å². The van der Waals surface area contributed by atoms with Crippen molar-refractivity contribution in [1.82, 2.24) is 15.0 Å². The van der Waals surface area contributed by atoms with Crippen molar-refractivity contribution in [2.75, 3.05) is 0 Å². The van der Waals surface area contributed by atoms with Crippen LogP contribution in [-0.4, -0.2) is 20.6 Å². The summed E-state index contributed by atoms with van der Waals surface area (Å²) in [5.74, 6) is 0.751. The number of benzene rings is 2. The van der Waals surface area contributed by atoms with Crippen molar-refractivity contribution in [2.24, 2.45) is 5.92 Å². The molecule has 0 saturated heterocycles. The zero-order chi connectivity index (χ0) is 18.3. The highest BCUT2D eigenvalue weighted by Gasteiger charge is 2.23. The van der Waals surface area contributed by atoms with Crippen molar-refractivity contribution in [3.63, 3.8) is 0 Å². The third-order valence-corrected chi connectivity index (χ3v) is 5.07. The zero-order valence-corrected chi connectivity index (χ0v) is 16.3. The molecule has 26 heavy (non-hydrogen) atoms. The number of fused-ring (bicyclic) bond motifs is 1. The van der Waals surface area contributed by atoms with Crippen molar-refractivity contribution in [3.05, 3.63) is 47.0 Å². The van der Waals surface area contributed by atoms with Crippen LogP contribution in [0.2, 0.25) is 5.02 Å². The van der Waals surface area contributed by atoms with Crippen LogP contribution in [0.1, 0.15) is 39.2 Å². The summed E-state index contributed by atoms with van der Waals surface area (Å²) in [7, 11) is 0. The van der Waals surface area contributed by atoms with Crippen LogP contribution in [0.3, 0.4) is 0 Å². The normalized spacial score (nSPS) is 14.9. The van der Waals surface area contributed by atoms with Gasteiger partial charge in [-0.05, 0) is 56.7 Å². The lowest BCUT2D eigenvalue weighted by molar-refractivity contribution is -0.0149. The lowest BCUT2D eigenvalue weighted by atomic mass is 10.0. The molecule has 4 rings (SSSR count). The number of aromatic nitrogens is 3. The van der Waals surface area contributed by atoms with Crippen molar-refractivity contribution in [2.45, 2.75) is 52.4 Å². The van der Waals surface area contributed by atoms with Gasteiger partial charge in [-0.15, -0.1) is 5.10 Å². The Kier molecular flexibility index (Phi) is 4.49. The average Bonchev–Trinajstić information content (AvgIpc) is 3.32. The van der Waals surface area contributed by atoms with Gasteiger partial charge in [-0.1, -0.05) is 47.1 Å². The maximum atomic E-state index is 6.66. The van der Waals surface area contributed by atoms with Crippen LogP contribution < -0.4 is 0 Å². The minimum absolute atomic E-state index is 0.140. The second-order valence-corrected chi connectivity index (χ2v) is 8.49. The molecule has 0 bridgehead atoms. The lowest BCUT2D eigenvalue weighted by Gasteiger charge is -2.19. The van der Waals surface area contributed by atoms with E-state index in [0.29, 0.717) is 11.6 Å². The first-order valence-corrected chi connectivity index (χ1v) is 9.53. The first kappa shape index (κ1) is 17.5. The van der Waals surface area contributed by atoms with Gasteiger partial charge in [0.2, 0.25) is 0 Å². The molecule has 0 amide bonds. The highest BCUT2D eigenvalue weighted by molar-refractivity contribution is 6.37. The second-order valence-electron chi connectivity index (χ2n) is 8.11. The van der Waals surface area contributed by atoms with Crippen LogP contribution in [0.4, 0.5) is 0 Å². The maximum absolute atomic E-state index is 6.66. The van der Waals surface area contributed by atoms with E-state index in [2.05, 4.69) is 67.5 Å². The van der Waals surface area contributed by atoms with Gasteiger partial charge in [0.15, 0.2) is 0 Å². The molecule has 1 aliphatic rings. The number of ether oxygens (including phenoxy) is 1. The fraction of sp³-hybridized carbons (Fsp3) is 0.429. The number of halogens is 1. The second kappa shape index (κ2) is 6.67. The molecular weight excluding hydrogens is 346 g/mol. The van der Waals surface area contributed by atoms with E-state index >= 15 is 0 Å². The standard InChI is InChI=1S/C21H24ClN3O/c1-21(2,3)26-13-15-6-8-16(9-7-15)17-10-11-18-20(19(17)22)23-24-25(18)12-14-4-5-14/h6-11,14H,4-5,12-13H2,1-3H3. The Labute approximate surface area is 159 Å². The molecule has 0 radical (unpaired) electrons. The Balaban J connectivity index is 1.59. The first-order valence-electron chi connectivity index (χ1n) is 9.16. The topological polar surface area (TPSA) is 39.9 Å². The van der Waals surface area contributed by atoms with Gasteiger partial charge in [-0.3, -0.25) is 0 Å². The van der Waals surface area contributed by atoms with E-state index in [9.17, 15) is 0 Å². The molecule has 1 heterocycles. The molecule has 1 saturated carbocycles. The van der Waals surface area contributed by atoms with E-state index in [-0.39, 0.29) is 5.60 Å². The molecule has 1 aromatic heterocycles. The minimum atomic E-state index is -0.140. The Morgan fingerprint density at radius 1 is 1.12 bits per heavy atom. The van der Waals surface area contributed by atoms with E-state index in [1.165, 1.54) is 12.8 Å². The van der Waals surface area contributed by atoms with E-state index < -0.39 is 0 Å². The van der Waals surface area contributed by atoms with Gasteiger partial charge in [0.25, 0.3) is 0 Å². The molecule has 1 fully saturated rings. The van der Waals surface area contributed by atoms with Crippen molar-refractivity contribution < 1.29 is 4.74 Å². The summed E-state index contributed by atoms with van der Waals surface area (Å²) in [6, 6.07) is 12.5. The molecule has 0 unspecified atom stereocenters. The minimum Gasteiger partial charge on any atom is -0.371 e. The van der Waals surface area contributed by atoms with Gasteiger partial charge in [0.1, 0.15) is 5.52 Å². The fourth-order valence-corrected chi connectivity index (χ4v) is 3.29. The van der Waals surface area contributed by atoms with Gasteiger partial charge in [-0.25, -0.2) is 4.68 Å². The molecule has 3 aromatic rings. The summed E-state index contributed by atoms with van der Waals surface area (Å²) in [5.41, 5.74) is 4.87. The van der Waals surface area contributed by atoms with E-state index in [1.807, 2.05) is 4.68 Å². The molecule has 2 aromatic carbocycles. The van der Waals surface area contributed by atoms with Crippen LogP contribution in [0.25, 0.3) is 22.2 Å². The molecule has 0 aliphatic heterocycles. The molecule has 0 N–H and O–H groups in total. The van der Waals surface area contributed by atoms with Crippen molar-refractivity contribution in [1.29, 1.82) is 0 Å². The molecular formula is C21H24ClN3O. The van der Waals surface area contributed by atoms with Crippen LogP contribution in [0.15, 0.2) is 36.4 Å². The maximum Gasteiger partial charge on any atom is 0.132 e. The Hall–Kier alpha value is -1.91. The largest absolute Gasteiger partial charge is 0.371 e. The molecule has 4 nitrogen and oxygen atoms in total. The summed E-state index contributed by atoms with van der Waals surface area (Å²) >= 11 is 6.66. The van der Waals surface area contributed by atoms with Crippen LogP contribution in [0.5, 0.6) is 0 Å². The molecule has 1 aliphatic carbocycles. The lowest BCUT2D eigenvalue weighted by Crippen LogP contribution is -2.18. The molecule has 0 atom stereocenters. The number of nitrogens with zero attached hydrogens (tertiary/aromatic N) is 3. The van der Waals surface area contributed by atoms with Gasteiger partial charge >= 0.3 is 0 Å². The Bertz CT molecular complexity index is 921. The van der Waals surface area contributed by atoms with Gasteiger partial charge < -0.3 is 4.74 Å². The molecule has 5 heteroatoms. The Morgan fingerprint density at radius 3 is 2.50 bits per heavy atom. The molecule has 136 valence electrons. The summed E-state index contributed by atoms with van der Waals surface area (Å²) in [6.45, 7) is 7.73. The van der Waals surface area contributed by atoms with E-state index in [4.69, 9.17) is 16.3 Å². The third-order valence-electron chi connectivity index (χ3n) is 4.69. The van der Waals surface area contributed by atoms with Gasteiger partial charge in [-0.2, -0.15) is 0 Å². The summed E-state index contributed by atoms with van der Waals surface area (Å²) in [5, 5.41) is 9.29. The monoisotopic (exact) mass is 369 g/mol. The molecule has 0 spiro atoms. The SMILES string of the molecule is CC(C)(C)OCc1ccc(-c2ccc3c(nnn3CC3CC3)c2Cl)cc1. The van der Waals surface area contributed by atoms with Gasteiger partial charge in [0.05, 0.1) is 22.7 Å². The summed E-state index contributed by atoms with van der Waals surface area (Å²) in [6.07, 6.45) is 2.58. The quantitative estimate of drug-likeness (QED) is 0.598. The first-order chi connectivity index (χ1) is 12.4. The Morgan fingerprint density at radius 2 is 1.85 bits per heavy atom. The van der Waals surface area contributed by atoms with E-state index in [0.717, 1.165) is 40.2 Å². The van der Waals surface area contributed by atoms with Crippen LogP contribution in [0, 0.1) is 5.92 Å². The zero-order valence-electron chi connectivity index (χ0n) is 15.5. The fourth-order valence-electron chi connectivity index (χ4n) is 2.99. The average molecular weight is 370 g/mol. The smallest absolute Gasteiger partial charge is 0.132 e. The number of rotatable bonds is 5. The van der Waals surface area contributed by atoms with Crippen molar-refractivity contribution in [3.8, 4) is 11.1 Å². The summed E-state index contributed by atoms with van der Waals surface area (Å²) in [4.78, 5) is 0. The van der Waals surface area contributed by atoms with Crippen LogP contribution >= 0.6 is 11.6 Å². The van der Waals surface area contributed by atoms with Crippen LogP contribution in [-0.2, 0) is 17.9 Å². The highest BCUT2D eigenvalue weighted by Crippen LogP contribution is 2.35. The summed E-state index contributed by atoms with van der Waals surface area (Å²) < 4.78 is 7.82. The number of hydrogen-bond acceptors (Lipinski definition) is 3. The number of hydrogen-bond donors (Lipinski definition) is 0. The predicted octanol–water partition coefficient (Wildman–Crippen LogP) is 5.48. The van der Waals surface area contributed by atoms with E-state index in [1.54, 1.807) is 0 Å². The third kappa shape index (κ3) is 3.76.